The molecule has 1 fully saturated rings. The molecular weight excluding hydrogens is 288 g/mol. The fourth-order valence-corrected chi connectivity index (χ4v) is 3.18. The van der Waals surface area contributed by atoms with Crippen molar-refractivity contribution >= 4 is 5.91 Å². The third kappa shape index (κ3) is 3.46. The average molecular weight is 312 g/mol. The van der Waals surface area contributed by atoms with Gasteiger partial charge in [0, 0.05) is 25.1 Å². The summed E-state index contributed by atoms with van der Waals surface area (Å²) in [6.07, 6.45) is 2.15. The first kappa shape index (κ1) is 15.8. The van der Waals surface area contributed by atoms with Crippen molar-refractivity contribution in [2.75, 3.05) is 13.1 Å². The maximum atomic E-state index is 12.7. The number of hydrogen-bond acceptors (Lipinski definition) is 3. The van der Waals surface area contributed by atoms with Gasteiger partial charge in [-0.25, -0.2) is 0 Å². The molecule has 0 aliphatic carbocycles. The van der Waals surface area contributed by atoms with Gasteiger partial charge in [0.1, 0.15) is 0 Å². The van der Waals surface area contributed by atoms with E-state index in [1.54, 1.807) is 6.07 Å². The molecule has 1 saturated heterocycles. The van der Waals surface area contributed by atoms with E-state index in [-0.39, 0.29) is 11.8 Å². The lowest BCUT2D eigenvalue weighted by molar-refractivity contribution is 0.0665. The van der Waals surface area contributed by atoms with Crippen molar-refractivity contribution in [2.24, 2.45) is 0 Å². The van der Waals surface area contributed by atoms with Gasteiger partial charge in [-0.2, -0.15) is 0 Å². The third-order valence-electron chi connectivity index (χ3n) is 4.55. The van der Waals surface area contributed by atoms with Gasteiger partial charge < -0.3 is 9.42 Å². The van der Waals surface area contributed by atoms with Crippen LogP contribution >= 0.6 is 0 Å². The number of nitrogens with zero attached hydrogens (tertiary/aromatic N) is 2. The molecule has 3 rings (SSSR count). The lowest BCUT2D eigenvalue weighted by atomic mass is 9.89. The monoisotopic (exact) mass is 312 g/mol. The van der Waals surface area contributed by atoms with Crippen molar-refractivity contribution in [1.82, 2.24) is 10.1 Å². The average Bonchev–Trinajstić information content (AvgIpc) is 3.04. The molecule has 2 aromatic rings. The number of rotatable bonds is 3. The summed E-state index contributed by atoms with van der Waals surface area (Å²) in [6, 6.07) is 10.4. The molecule has 1 aliphatic rings. The fourth-order valence-electron chi connectivity index (χ4n) is 3.18. The second-order valence-corrected chi connectivity index (χ2v) is 6.78. The highest BCUT2D eigenvalue weighted by Crippen LogP contribution is 2.28. The van der Waals surface area contributed by atoms with E-state index in [1.165, 1.54) is 11.1 Å². The minimum Gasteiger partial charge on any atom is -0.351 e. The molecule has 122 valence electrons. The molecule has 1 aromatic carbocycles. The number of hydrogen-bond donors (Lipinski definition) is 0. The molecule has 4 heteroatoms. The van der Waals surface area contributed by atoms with Gasteiger partial charge in [-0.05, 0) is 31.2 Å². The minimum atomic E-state index is -0.0400. The van der Waals surface area contributed by atoms with Crippen LogP contribution in [-0.2, 0) is 0 Å². The van der Waals surface area contributed by atoms with Gasteiger partial charge in [-0.3, -0.25) is 4.79 Å². The van der Waals surface area contributed by atoms with Crippen LogP contribution in [0.25, 0.3) is 0 Å². The normalized spacial score (nSPS) is 18.4. The van der Waals surface area contributed by atoms with E-state index in [4.69, 9.17) is 4.52 Å². The van der Waals surface area contributed by atoms with Gasteiger partial charge in [0.2, 0.25) is 5.76 Å². The van der Waals surface area contributed by atoms with Crippen LogP contribution in [0, 0.1) is 6.92 Å². The number of aromatic nitrogens is 1. The Labute approximate surface area is 137 Å². The third-order valence-corrected chi connectivity index (χ3v) is 4.55. The maximum Gasteiger partial charge on any atom is 0.292 e. The summed E-state index contributed by atoms with van der Waals surface area (Å²) in [5.41, 5.74) is 3.42. The first-order chi connectivity index (χ1) is 11.0. The van der Waals surface area contributed by atoms with Gasteiger partial charge in [-0.1, -0.05) is 48.8 Å². The Bertz CT molecular complexity index is 690. The Morgan fingerprint density at radius 3 is 2.87 bits per heavy atom. The Morgan fingerprint density at radius 2 is 2.17 bits per heavy atom. The smallest absolute Gasteiger partial charge is 0.292 e. The van der Waals surface area contributed by atoms with E-state index < -0.39 is 0 Å². The van der Waals surface area contributed by atoms with Crippen LogP contribution in [-0.4, -0.2) is 29.1 Å². The predicted octanol–water partition coefficient (Wildman–Crippen LogP) is 4.13. The van der Waals surface area contributed by atoms with Crippen LogP contribution in [0.2, 0.25) is 0 Å². The Hall–Kier alpha value is -2.10. The highest BCUT2D eigenvalue weighted by Gasteiger charge is 2.28. The zero-order valence-corrected chi connectivity index (χ0v) is 14.1. The van der Waals surface area contributed by atoms with Crippen molar-refractivity contribution < 1.29 is 9.32 Å². The largest absolute Gasteiger partial charge is 0.351 e. The van der Waals surface area contributed by atoms with Gasteiger partial charge in [0.25, 0.3) is 5.91 Å². The van der Waals surface area contributed by atoms with Crippen LogP contribution in [0.1, 0.15) is 65.9 Å². The zero-order valence-electron chi connectivity index (χ0n) is 14.1. The Balaban J connectivity index is 1.73. The highest BCUT2D eigenvalue weighted by atomic mass is 16.5. The van der Waals surface area contributed by atoms with Crippen LogP contribution < -0.4 is 0 Å². The number of carbonyl (C=O) groups is 1. The number of amides is 1. The van der Waals surface area contributed by atoms with Crippen molar-refractivity contribution in [3.05, 3.63) is 52.9 Å². The van der Waals surface area contributed by atoms with E-state index in [1.807, 2.05) is 18.7 Å². The second-order valence-electron chi connectivity index (χ2n) is 6.78. The zero-order chi connectivity index (χ0) is 16.4. The Morgan fingerprint density at radius 1 is 1.35 bits per heavy atom. The first-order valence-electron chi connectivity index (χ1n) is 8.37. The molecule has 0 N–H and O–H groups in total. The molecule has 1 aromatic heterocycles. The summed E-state index contributed by atoms with van der Waals surface area (Å²) in [5, 5.41) is 4.00. The van der Waals surface area contributed by atoms with Gasteiger partial charge in [0.05, 0.1) is 5.69 Å². The highest BCUT2D eigenvalue weighted by molar-refractivity contribution is 5.91. The van der Waals surface area contributed by atoms with E-state index in [0.29, 0.717) is 11.7 Å². The first-order valence-corrected chi connectivity index (χ1v) is 8.37. The van der Waals surface area contributed by atoms with Crippen LogP contribution in [0.15, 0.2) is 34.9 Å². The van der Waals surface area contributed by atoms with Crippen LogP contribution in [0.5, 0.6) is 0 Å². The SMILES string of the molecule is Cc1cccc(C2CCCN(C(=O)c3cc(C(C)C)no3)C2)c1. The van der Waals surface area contributed by atoms with E-state index in [2.05, 4.69) is 36.3 Å². The number of aryl methyl sites for hydroxylation is 1. The molecule has 1 aliphatic heterocycles. The lowest BCUT2D eigenvalue weighted by Crippen LogP contribution is -2.39. The molecule has 1 unspecified atom stereocenters. The van der Waals surface area contributed by atoms with Crippen LogP contribution in [0.3, 0.4) is 0 Å². The van der Waals surface area contributed by atoms with Crippen molar-refractivity contribution in [3.63, 3.8) is 0 Å². The van der Waals surface area contributed by atoms with Crippen molar-refractivity contribution in [3.8, 4) is 0 Å². The topological polar surface area (TPSA) is 46.3 Å². The molecular formula is C19H24N2O2. The predicted molar refractivity (Wildman–Crippen MR) is 89.6 cm³/mol. The van der Waals surface area contributed by atoms with Crippen molar-refractivity contribution in [1.29, 1.82) is 0 Å². The standard InChI is InChI=1S/C19H24N2O2/c1-13(2)17-11-18(23-20-17)19(22)21-9-5-8-16(12-21)15-7-4-6-14(3)10-15/h4,6-7,10-11,13,16H,5,8-9,12H2,1-3H3. The van der Waals surface area contributed by atoms with Gasteiger partial charge in [0.15, 0.2) is 0 Å². The summed E-state index contributed by atoms with van der Waals surface area (Å²) in [5.74, 6) is 0.988. The molecule has 1 amide bonds. The Kier molecular flexibility index (Phi) is 4.51. The molecule has 2 heterocycles. The summed E-state index contributed by atoms with van der Waals surface area (Å²) in [7, 11) is 0. The van der Waals surface area contributed by atoms with Crippen molar-refractivity contribution in [2.45, 2.75) is 45.4 Å². The lowest BCUT2D eigenvalue weighted by Gasteiger charge is -2.32. The fraction of sp³-hybridized carbons (Fsp3) is 0.474. The van der Waals surface area contributed by atoms with E-state index in [9.17, 15) is 4.79 Å². The molecule has 4 nitrogen and oxygen atoms in total. The van der Waals surface area contributed by atoms with E-state index in [0.717, 1.165) is 31.6 Å². The number of benzene rings is 1. The quantitative estimate of drug-likeness (QED) is 0.856. The maximum absolute atomic E-state index is 12.7. The number of likely N-dealkylation sites (tertiary alicyclic amines) is 1. The molecule has 0 radical (unpaired) electrons. The minimum absolute atomic E-state index is 0.0400. The summed E-state index contributed by atoms with van der Waals surface area (Å²) in [4.78, 5) is 14.6. The van der Waals surface area contributed by atoms with E-state index >= 15 is 0 Å². The molecule has 1 atom stereocenters. The molecule has 0 spiro atoms. The second kappa shape index (κ2) is 6.57. The molecule has 23 heavy (non-hydrogen) atoms. The summed E-state index contributed by atoms with van der Waals surface area (Å²) < 4.78 is 5.26. The number of piperidine rings is 1. The number of carbonyl (C=O) groups excluding carboxylic acids is 1. The van der Waals surface area contributed by atoms with Gasteiger partial charge in [-0.15, -0.1) is 0 Å². The van der Waals surface area contributed by atoms with Gasteiger partial charge >= 0.3 is 0 Å². The summed E-state index contributed by atoms with van der Waals surface area (Å²) >= 11 is 0. The molecule has 0 bridgehead atoms. The molecule has 0 saturated carbocycles. The summed E-state index contributed by atoms with van der Waals surface area (Å²) in [6.45, 7) is 7.73. The van der Waals surface area contributed by atoms with Crippen LogP contribution in [0.4, 0.5) is 0 Å².